The first-order valence-electron chi connectivity index (χ1n) is 4.85. The van der Waals surface area contributed by atoms with Crippen molar-refractivity contribution < 1.29 is 9.59 Å². The molecule has 0 saturated carbocycles. The molecule has 3 heterocycles. The molecule has 0 aromatic heterocycles. The normalized spacial score (nSPS) is 25.9. The molecule has 0 aliphatic carbocycles. The van der Waals surface area contributed by atoms with Gasteiger partial charge in [-0.05, 0) is 6.42 Å². The van der Waals surface area contributed by atoms with Gasteiger partial charge in [-0.2, -0.15) is 0 Å². The van der Waals surface area contributed by atoms with E-state index in [2.05, 4.69) is 0 Å². The van der Waals surface area contributed by atoms with Gasteiger partial charge in [-0.3, -0.25) is 18.4 Å². The van der Waals surface area contributed by atoms with E-state index in [4.69, 9.17) is 0 Å². The summed E-state index contributed by atoms with van der Waals surface area (Å²) in [7, 11) is 3.02. The molecular formula is C8H12N4O2S. The summed E-state index contributed by atoms with van der Waals surface area (Å²) in [4.78, 5) is 27.2. The highest BCUT2D eigenvalue weighted by molar-refractivity contribution is 8.13. The Labute approximate surface area is 90.2 Å². The fraction of sp³-hybridized carbons (Fsp3) is 0.625. The molecule has 0 radical (unpaired) electrons. The van der Waals surface area contributed by atoms with Gasteiger partial charge in [0.1, 0.15) is 0 Å². The number of urea groups is 2. The van der Waals surface area contributed by atoms with Crippen molar-refractivity contribution in [2.24, 2.45) is 0 Å². The summed E-state index contributed by atoms with van der Waals surface area (Å²) in [6.07, 6.45) is 0.861. The van der Waals surface area contributed by atoms with Gasteiger partial charge < -0.3 is 0 Å². The first kappa shape index (κ1) is 9.02. The molecule has 1 fully saturated rings. The van der Waals surface area contributed by atoms with Crippen LogP contribution in [0.25, 0.3) is 0 Å². The maximum atomic E-state index is 11.9. The fourth-order valence-electron chi connectivity index (χ4n) is 2.19. The van der Waals surface area contributed by atoms with Crippen molar-refractivity contribution in [3.05, 3.63) is 0 Å². The zero-order chi connectivity index (χ0) is 10.7. The molecule has 4 amide bonds. The van der Waals surface area contributed by atoms with Crippen LogP contribution >= 0.6 is 10.9 Å². The minimum atomic E-state index is -0.490. The van der Waals surface area contributed by atoms with Crippen LogP contribution in [-0.2, 0) is 0 Å². The number of carbonyl (C=O) groups is 2. The molecule has 7 heteroatoms. The quantitative estimate of drug-likeness (QED) is 0.560. The van der Waals surface area contributed by atoms with E-state index >= 15 is 0 Å². The minimum absolute atomic E-state index is 0.0115. The van der Waals surface area contributed by atoms with E-state index in [1.54, 1.807) is 32.5 Å². The minimum Gasteiger partial charge on any atom is -0.271 e. The molecule has 6 nitrogen and oxygen atoms in total. The van der Waals surface area contributed by atoms with E-state index in [0.29, 0.717) is 0 Å². The average molecular weight is 228 g/mol. The summed E-state index contributed by atoms with van der Waals surface area (Å²) in [5.74, 6) is 0. The van der Waals surface area contributed by atoms with Gasteiger partial charge in [-0.15, -0.1) is 0 Å². The van der Waals surface area contributed by atoms with Gasteiger partial charge in [0.05, 0.1) is 10.9 Å². The summed E-state index contributed by atoms with van der Waals surface area (Å²) in [6, 6.07) is 0.0229. The third-order valence-corrected chi connectivity index (χ3v) is 5.03. The van der Waals surface area contributed by atoms with Crippen molar-refractivity contribution in [3.63, 3.8) is 0 Å². The van der Waals surface area contributed by atoms with E-state index in [1.807, 2.05) is 0 Å². The highest BCUT2D eigenvalue weighted by Gasteiger charge is 2.49. The Kier molecular flexibility index (Phi) is 1.60. The van der Waals surface area contributed by atoms with E-state index < -0.39 is 10.9 Å². The van der Waals surface area contributed by atoms with Gasteiger partial charge in [-0.25, -0.2) is 9.59 Å². The smallest absolute Gasteiger partial charge is 0.271 e. The Morgan fingerprint density at radius 1 is 1.00 bits per heavy atom. The fourth-order valence-corrected chi connectivity index (χ4v) is 4.28. The molecule has 0 aromatic carbocycles. The van der Waals surface area contributed by atoms with Crippen molar-refractivity contribution in [2.45, 2.75) is 6.42 Å². The lowest BCUT2D eigenvalue weighted by Crippen LogP contribution is -2.52. The maximum Gasteiger partial charge on any atom is 0.336 e. The van der Waals surface area contributed by atoms with Gasteiger partial charge in [0.25, 0.3) is 0 Å². The summed E-state index contributed by atoms with van der Waals surface area (Å²) in [5.41, 5.74) is 0. The lowest BCUT2D eigenvalue weighted by atomic mass is 10.3. The molecule has 3 rings (SSSR count). The zero-order valence-corrected chi connectivity index (χ0v) is 9.45. The molecule has 3 aliphatic rings. The summed E-state index contributed by atoms with van der Waals surface area (Å²) >= 11 is 0. The number of nitrogens with zero attached hydrogens (tertiary/aromatic N) is 4. The molecular weight excluding hydrogens is 216 g/mol. The number of rotatable bonds is 0. The Hall–Kier alpha value is -1.24. The second-order valence-electron chi connectivity index (χ2n) is 3.76. The highest BCUT2D eigenvalue weighted by Crippen LogP contribution is 2.41. The van der Waals surface area contributed by atoms with Crippen molar-refractivity contribution in [1.82, 2.24) is 18.4 Å². The van der Waals surface area contributed by atoms with Crippen LogP contribution in [0.15, 0.2) is 0 Å². The topological polar surface area (TPSA) is 47.1 Å². The van der Waals surface area contributed by atoms with Crippen LogP contribution in [0.3, 0.4) is 0 Å². The lowest BCUT2D eigenvalue weighted by Gasteiger charge is -2.31. The maximum absolute atomic E-state index is 11.9. The van der Waals surface area contributed by atoms with E-state index in [9.17, 15) is 9.59 Å². The summed E-state index contributed by atoms with van der Waals surface area (Å²) in [5, 5.41) is 0.876. The molecule has 0 spiro atoms. The van der Waals surface area contributed by atoms with E-state index in [0.717, 1.165) is 24.6 Å². The van der Waals surface area contributed by atoms with E-state index in [1.165, 1.54) is 0 Å². The molecule has 15 heavy (non-hydrogen) atoms. The van der Waals surface area contributed by atoms with Crippen LogP contribution < -0.4 is 0 Å². The number of amides is 4. The molecule has 82 valence electrons. The Morgan fingerprint density at radius 2 is 1.47 bits per heavy atom. The van der Waals surface area contributed by atoms with Gasteiger partial charge in [0, 0.05) is 27.2 Å². The van der Waals surface area contributed by atoms with Crippen LogP contribution in [0, 0.1) is 0 Å². The number of hydrogen-bond acceptors (Lipinski definition) is 2. The molecule has 1 saturated heterocycles. The zero-order valence-electron chi connectivity index (χ0n) is 8.63. The Bertz CT molecular complexity index is 373. The highest BCUT2D eigenvalue weighted by atomic mass is 32.2. The second-order valence-corrected chi connectivity index (χ2v) is 5.75. The predicted octanol–water partition coefficient (Wildman–Crippen LogP) is 0.311. The second kappa shape index (κ2) is 2.66. The largest absolute Gasteiger partial charge is 0.336 e. The van der Waals surface area contributed by atoms with Gasteiger partial charge in [0.15, 0.2) is 5.11 Å². The molecule has 0 aromatic rings. The van der Waals surface area contributed by atoms with Crippen molar-refractivity contribution in [3.8, 4) is 0 Å². The summed E-state index contributed by atoms with van der Waals surface area (Å²) < 4.78 is 3.30. The van der Waals surface area contributed by atoms with Crippen molar-refractivity contribution in [1.29, 1.82) is 0 Å². The number of carbonyl (C=O) groups excluding carboxylic acids is 2. The SMILES string of the molecule is CN1C(=O)N2CCCN3C(=O)N(C)S1=C23. The monoisotopic (exact) mass is 228 g/mol. The molecule has 0 N–H and O–H groups in total. The Morgan fingerprint density at radius 3 is 1.93 bits per heavy atom. The average Bonchev–Trinajstić information content (AvgIpc) is 2.64. The third kappa shape index (κ3) is 0.889. The van der Waals surface area contributed by atoms with Crippen LogP contribution in [0.4, 0.5) is 9.59 Å². The van der Waals surface area contributed by atoms with Gasteiger partial charge >= 0.3 is 12.1 Å². The Balaban J connectivity index is 2.14. The molecule has 0 bridgehead atoms. The summed E-state index contributed by atoms with van der Waals surface area (Å²) in [6.45, 7) is 1.47. The van der Waals surface area contributed by atoms with Crippen molar-refractivity contribution in [2.75, 3.05) is 27.2 Å². The third-order valence-electron chi connectivity index (χ3n) is 2.91. The predicted molar refractivity (Wildman–Crippen MR) is 56.9 cm³/mol. The van der Waals surface area contributed by atoms with Gasteiger partial charge in [-0.1, -0.05) is 0 Å². The van der Waals surface area contributed by atoms with Crippen molar-refractivity contribution >= 4 is 28.0 Å². The van der Waals surface area contributed by atoms with Crippen LogP contribution in [0.2, 0.25) is 0 Å². The first-order chi connectivity index (χ1) is 7.13. The molecule has 3 aliphatic heterocycles. The van der Waals surface area contributed by atoms with Gasteiger partial charge in [0.2, 0.25) is 0 Å². The molecule has 0 atom stereocenters. The van der Waals surface area contributed by atoms with Crippen LogP contribution in [0.1, 0.15) is 6.42 Å². The number of hydrogen-bond donors (Lipinski definition) is 0. The van der Waals surface area contributed by atoms with E-state index in [-0.39, 0.29) is 12.1 Å². The van der Waals surface area contributed by atoms with Crippen LogP contribution in [-0.4, -0.2) is 62.8 Å². The first-order valence-corrected chi connectivity index (χ1v) is 5.98. The standard InChI is InChI=1S/C8H12N4O2S/c1-9-6(13)11-4-3-5-12-7(14)10(2)15(9)8(11)12/h3-5H2,1-2H3. The van der Waals surface area contributed by atoms with Crippen LogP contribution in [0.5, 0.6) is 0 Å². The molecule has 0 unspecified atom stereocenters. The lowest BCUT2D eigenvalue weighted by molar-refractivity contribution is 0.183.